The van der Waals surface area contributed by atoms with Crippen LogP contribution in [0.25, 0.3) is 11.8 Å². The lowest BCUT2D eigenvalue weighted by molar-refractivity contribution is -0.115. The number of benzene rings is 2. The summed E-state index contributed by atoms with van der Waals surface area (Å²) >= 11 is 13.2. The Hall–Kier alpha value is -2.56. The second-order valence-electron chi connectivity index (χ2n) is 7.28. The normalized spacial score (nSPS) is 16.6. The molecule has 0 radical (unpaired) electrons. The van der Waals surface area contributed by atoms with E-state index in [1.54, 1.807) is 36.4 Å². The van der Waals surface area contributed by atoms with E-state index in [0.29, 0.717) is 25.8 Å². The van der Waals surface area contributed by atoms with Crippen LogP contribution in [0.15, 0.2) is 63.3 Å². The second-order valence-corrected chi connectivity index (χ2v) is 10.7. The Morgan fingerprint density at radius 1 is 1.06 bits per heavy atom. The van der Waals surface area contributed by atoms with Gasteiger partial charge in [-0.05, 0) is 85.8 Å². The van der Waals surface area contributed by atoms with Gasteiger partial charge in [-0.2, -0.15) is 0 Å². The predicted molar refractivity (Wildman–Crippen MR) is 134 cm³/mol. The standard InChI is InChI=1S/C22H18Cl2N4O3S2/c1-12-9-14(13(2)28(12)16-4-6-17(7-5-16)33(25,30)31)10-20-21(29)27-22(32-20)26-15-3-8-18(23)19(24)11-15/h3-11H,1-2H3,(H2,25,30,31)(H,26,27,29)/b20-10-. The lowest BCUT2D eigenvalue weighted by Crippen LogP contribution is -2.19. The van der Waals surface area contributed by atoms with E-state index in [2.05, 4.69) is 10.3 Å². The summed E-state index contributed by atoms with van der Waals surface area (Å²) in [6, 6.07) is 13.3. The highest BCUT2D eigenvalue weighted by Crippen LogP contribution is 2.32. The minimum absolute atomic E-state index is 0.0453. The van der Waals surface area contributed by atoms with Crippen molar-refractivity contribution in [2.75, 3.05) is 0 Å². The number of hydrogen-bond acceptors (Lipinski definition) is 5. The first-order valence-corrected chi connectivity index (χ1v) is 12.7. The van der Waals surface area contributed by atoms with Crippen LogP contribution in [0.2, 0.25) is 10.0 Å². The minimum Gasteiger partial charge on any atom is -0.318 e. The number of nitrogens with zero attached hydrogens (tertiary/aromatic N) is 2. The van der Waals surface area contributed by atoms with Crippen molar-refractivity contribution in [3.8, 4) is 5.69 Å². The fraction of sp³-hybridized carbons (Fsp3) is 0.0909. The smallest absolute Gasteiger partial charge is 0.264 e. The maximum absolute atomic E-state index is 12.5. The average Bonchev–Trinajstić information content (AvgIpc) is 3.22. The van der Waals surface area contributed by atoms with Gasteiger partial charge in [-0.25, -0.2) is 18.5 Å². The summed E-state index contributed by atoms with van der Waals surface area (Å²) in [5.41, 5.74) is 4.04. The van der Waals surface area contributed by atoms with Crippen LogP contribution in [0.1, 0.15) is 17.0 Å². The Morgan fingerprint density at radius 3 is 2.39 bits per heavy atom. The molecule has 1 amide bonds. The highest BCUT2D eigenvalue weighted by molar-refractivity contribution is 8.18. The van der Waals surface area contributed by atoms with Crippen molar-refractivity contribution in [2.24, 2.45) is 10.1 Å². The highest BCUT2D eigenvalue weighted by Gasteiger charge is 2.25. The second kappa shape index (κ2) is 9.00. The van der Waals surface area contributed by atoms with Crippen LogP contribution in [0.3, 0.4) is 0 Å². The molecule has 0 unspecified atom stereocenters. The lowest BCUT2D eigenvalue weighted by Gasteiger charge is -2.10. The van der Waals surface area contributed by atoms with Crippen LogP contribution in [0.4, 0.5) is 5.69 Å². The third-order valence-corrected chi connectivity index (χ3v) is 7.54. The fourth-order valence-electron chi connectivity index (χ4n) is 3.41. The van der Waals surface area contributed by atoms with Crippen molar-refractivity contribution in [1.82, 2.24) is 9.88 Å². The Labute approximate surface area is 205 Å². The van der Waals surface area contributed by atoms with Crippen LogP contribution >= 0.6 is 35.0 Å². The van der Waals surface area contributed by atoms with Gasteiger partial charge in [0.05, 0.1) is 25.5 Å². The number of amidine groups is 1. The van der Waals surface area contributed by atoms with E-state index >= 15 is 0 Å². The number of aromatic nitrogens is 1. The number of sulfonamides is 1. The van der Waals surface area contributed by atoms with Crippen molar-refractivity contribution in [3.63, 3.8) is 0 Å². The minimum atomic E-state index is -3.76. The molecule has 1 saturated heterocycles. The number of halogens is 2. The maximum atomic E-state index is 12.5. The number of aryl methyl sites for hydroxylation is 1. The molecule has 0 spiro atoms. The van der Waals surface area contributed by atoms with Crippen molar-refractivity contribution in [1.29, 1.82) is 0 Å². The van der Waals surface area contributed by atoms with Gasteiger partial charge < -0.3 is 9.88 Å². The molecule has 33 heavy (non-hydrogen) atoms. The zero-order valence-electron chi connectivity index (χ0n) is 17.5. The van der Waals surface area contributed by atoms with Gasteiger partial charge in [-0.3, -0.25) is 4.79 Å². The Kier molecular flexibility index (Phi) is 6.43. The highest BCUT2D eigenvalue weighted by atomic mass is 35.5. The molecule has 0 atom stereocenters. The van der Waals surface area contributed by atoms with Gasteiger partial charge >= 0.3 is 0 Å². The molecule has 4 rings (SSSR count). The Balaban J connectivity index is 1.63. The molecule has 1 aliphatic rings. The average molecular weight is 521 g/mol. The fourth-order valence-corrected chi connectivity index (χ4v) is 5.05. The summed E-state index contributed by atoms with van der Waals surface area (Å²) in [6.07, 6.45) is 1.80. The van der Waals surface area contributed by atoms with Crippen molar-refractivity contribution in [3.05, 3.63) is 80.4 Å². The predicted octanol–water partition coefficient (Wildman–Crippen LogP) is 4.94. The number of primary sulfonamides is 1. The zero-order chi connectivity index (χ0) is 23.9. The molecule has 1 aromatic heterocycles. The molecule has 11 heteroatoms. The van der Waals surface area contributed by atoms with E-state index in [-0.39, 0.29) is 10.8 Å². The van der Waals surface area contributed by atoms with Crippen LogP contribution < -0.4 is 10.5 Å². The number of aliphatic imine (C=N–C) groups is 1. The first kappa shape index (κ1) is 23.6. The third-order valence-electron chi connectivity index (χ3n) is 4.97. The van der Waals surface area contributed by atoms with E-state index in [4.69, 9.17) is 28.3 Å². The monoisotopic (exact) mass is 520 g/mol. The van der Waals surface area contributed by atoms with E-state index in [1.807, 2.05) is 24.5 Å². The van der Waals surface area contributed by atoms with Crippen LogP contribution in [0, 0.1) is 13.8 Å². The largest absolute Gasteiger partial charge is 0.318 e. The summed E-state index contributed by atoms with van der Waals surface area (Å²) in [4.78, 5) is 17.5. The molecule has 1 fully saturated rings. The van der Waals surface area contributed by atoms with Gasteiger partial charge in [0.1, 0.15) is 0 Å². The molecule has 2 aromatic carbocycles. The summed E-state index contributed by atoms with van der Waals surface area (Å²) in [7, 11) is -3.76. The number of nitrogens with two attached hydrogens (primary N) is 1. The molecule has 170 valence electrons. The molecule has 7 nitrogen and oxygen atoms in total. The number of nitrogens with one attached hydrogen (secondary N) is 1. The van der Waals surface area contributed by atoms with Crippen LogP contribution in [-0.4, -0.2) is 24.1 Å². The number of amides is 1. The van der Waals surface area contributed by atoms with E-state index in [1.165, 1.54) is 23.9 Å². The van der Waals surface area contributed by atoms with E-state index < -0.39 is 10.0 Å². The Bertz CT molecular complexity index is 1440. The van der Waals surface area contributed by atoms with Crippen molar-refractivity contribution >= 4 is 67.8 Å². The van der Waals surface area contributed by atoms with Gasteiger partial charge in [0.2, 0.25) is 10.0 Å². The number of thioether (sulfide) groups is 1. The molecule has 0 saturated carbocycles. The van der Waals surface area contributed by atoms with Crippen LogP contribution in [-0.2, 0) is 14.8 Å². The lowest BCUT2D eigenvalue weighted by atomic mass is 10.2. The quantitative estimate of drug-likeness (QED) is 0.475. The molecular formula is C22H18Cl2N4O3S2. The molecule has 1 aliphatic heterocycles. The zero-order valence-corrected chi connectivity index (χ0v) is 20.6. The number of hydrogen-bond donors (Lipinski definition) is 2. The number of carbonyl (C=O) groups excluding carboxylic acids is 1. The SMILES string of the molecule is Cc1cc(/C=C2\SC(=Nc3ccc(Cl)c(Cl)c3)NC2=O)c(C)n1-c1ccc(S(N)(=O)=O)cc1. The van der Waals surface area contributed by atoms with Gasteiger partial charge in [-0.1, -0.05) is 23.2 Å². The first-order valence-electron chi connectivity index (χ1n) is 9.60. The van der Waals surface area contributed by atoms with Crippen LogP contribution in [0.5, 0.6) is 0 Å². The first-order chi connectivity index (χ1) is 15.5. The van der Waals surface area contributed by atoms with Gasteiger partial charge in [0, 0.05) is 17.1 Å². The number of rotatable bonds is 4. The Morgan fingerprint density at radius 2 is 1.76 bits per heavy atom. The van der Waals surface area contributed by atoms with Crippen molar-refractivity contribution < 1.29 is 13.2 Å². The van der Waals surface area contributed by atoms with E-state index in [0.717, 1.165) is 22.6 Å². The summed E-state index contributed by atoms with van der Waals surface area (Å²) in [5.74, 6) is -0.249. The molecule has 0 aliphatic carbocycles. The molecule has 3 N–H and O–H groups in total. The molecule has 3 aromatic rings. The molecular weight excluding hydrogens is 503 g/mol. The molecule has 2 heterocycles. The van der Waals surface area contributed by atoms with E-state index in [9.17, 15) is 13.2 Å². The van der Waals surface area contributed by atoms with Gasteiger partial charge in [0.25, 0.3) is 5.91 Å². The third kappa shape index (κ3) is 5.02. The maximum Gasteiger partial charge on any atom is 0.264 e. The summed E-state index contributed by atoms with van der Waals surface area (Å²) < 4.78 is 25.0. The van der Waals surface area contributed by atoms with Gasteiger partial charge in [0.15, 0.2) is 5.17 Å². The topological polar surface area (TPSA) is 107 Å². The molecule has 0 bridgehead atoms. The summed E-state index contributed by atoms with van der Waals surface area (Å²) in [6.45, 7) is 3.86. The number of carbonyl (C=O) groups is 1. The van der Waals surface area contributed by atoms with Crippen molar-refractivity contribution in [2.45, 2.75) is 18.7 Å². The van der Waals surface area contributed by atoms with Gasteiger partial charge in [-0.15, -0.1) is 0 Å². The summed E-state index contributed by atoms with van der Waals surface area (Å²) in [5, 5.41) is 9.19.